The van der Waals surface area contributed by atoms with Gasteiger partial charge in [-0.3, -0.25) is 24.2 Å². The fourth-order valence-corrected chi connectivity index (χ4v) is 3.94. The van der Waals surface area contributed by atoms with Crippen molar-refractivity contribution in [3.05, 3.63) is 47.5 Å². The molecule has 1 N–H and O–H groups in total. The van der Waals surface area contributed by atoms with E-state index in [0.717, 1.165) is 44.7 Å². The highest BCUT2D eigenvalue weighted by molar-refractivity contribution is 6.25. The van der Waals surface area contributed by atoms with Gasteiger partial charge in [-0.15, -0.1) is 0 Å². The molecule has 1 saturated heterocycles. The first-order valence-electron chi connectivity index (χ1n) is 10.1. The summed E-state index contributed by atoms with van der Waals surface area (Å²) in [5, 5.41) is 4.46. The van der Waals surface area contributed by atoms with Gasteiger partial charge < -0.3 is 10.1 Å². The SMILES string of the molecule is O=C(CCN1C(=O)c2cccc3cccc(c23)C1=O)NCCCN1CCOCC1. The molecule has 4 rings (SSSR count). The second-order valence-corrected chi connectivity index (χ2v) is 7.38. The van der Waals surface area contributed by atoms with Crippen molar-refractivity contribution in [3.8, 4) is 0 Å². The summed E-state index contributed by atoms with van der Waals surface area (Å²) in [6, 6.07) is 10.9. The molecule has 2 aliphatic heterocycles. The summed E-state index contributed by atoms with van der Waals surface area (Å²) in [5.41, 5.74) is 1.03. The Kier molecular flexibility index (Phi) is 5.87. The second-order valence-electron chi connectivity index (χ2n) is 7.38. The minimum Gasteiger partial charge on any atom is -0.379 e. The lowest BCUT2D eigenvalue weighted by Gasteiger charge is -2.27. The van der Waals surface area contributed by atoms with Crippen molar-refractivity contribution in [2.75, 3.05) is 45.9 Å². The number of carbonyl (C=O) groups excluding carboxylic acids is 3. The van der Waals surface area contributed by atoms with Crippen molar-refractivity contribution in [3.63, 3.8) is 0 Å². The number of nitrogens with one attached hydrogen (secondary N) is 1. The second kappa shape index (κ2) is 8.71. The first kappa shape index (κ1) is 19.5. The molecular formula is C22H25N3O4. The number of morpholine rings is 1. The third-order valence-corrected chi connectivity index (χ3v) is 5.50. The van der Waals surface area contributed by atoms with Gasteiger partial charge in [-0.05, 0) is 30.5 Å². The molecule has 0 radical (unpaired) electrons. The van der Waals surface area contributed by atoms with Gasteiger partial charge in [0.1, 0.15) is 0 Å². The summed E-state index contributed by atoms with van der Waals surface area (Å²) in [6.45, 7) is 4.98. The number of rotatable bonds is 7. The molecule has 2 aromatic carbocycles. The number of benzene rings is 2. The van der Waals surface area contributed by atoms with Gasteiger partial charge in [0, 0.05) is 49.1 Å². The summed E-state index contributed by atoms with van der Waals surface area (Å²) in [5.74, 6) is -0.816. The van der Waals surface area contributed by atoms with E-state index in [1.54, 1.807) is 12.1 Å². The molecule has 0 bridgehead atoms. The van der Waals surface area contributed by atoms with Crippen molar-refractivity contribution >= 4 is 28.5 Å². The molecule has 0 unspecified atom stereocenters. The van der Waals surface area contributed by atoms with Gasteiger partial charge in [0.05, 0.1) is 13.2 Å². The molecule has 0 saturated carbocycles. The first-order chi connectivity index (χ1) is 14.1. The van der Waals surface area contributed by atoms with E-state index in [1.807, 2.05) is 24.3 Å². The molecule has 29 heavy (non-hydrogen) atoms. The van der Waals surface area contributed by atoms with E-state index < -0.39 is 0 Å². The van der Waals surface area contributed by atoms with Gasteiger partial charge in [0.2, 0.25) is 5.91 Å². The van der Waals surface area contributed by atoms with Crippen molar-refractivity contribution in [1.29, 1.82) is 0 Å². The predicted molar refractivity (Wildman–Crippen MR) is 109 cm³/mol. The highest BCUT2D eigenvalue weighted by atomic mass is 16.5. The van der Waals surface area contributed by atoms with E-state index >= 15 is 0 Å². The Morgan fingerprint density at radius 2 is 1.62 bits per heavy atom. The number of hydrogen-bond acceptors (Lipinski definition) is 5. The molecule has 1 fully saturated rings. The Morgan fingerprint density at radius 3 is 2.28 bits per heavy atom. The summed E-state index contributed by atoms with van der Waals surface area (Å²) < 4.78 is 5.32. The maximum atomic E-state index is 12.8. The Morgan fingerprint density at radius 1 is 0.966 bits per heavy atom. The number of imide groups is 1. The van der Waals surface area contributed by atoms with E-state index in [4.69, 9.17) is 4.74 Å². The molecule has 7 heteroatoms. The highest BCUT2D eigenvalue weighted by Gasteiger charge is 2.32. The third kappa shape index (κ3) is 4.16. The maximum Gasteiger partial charge on any atom is 0.261 e. The molecule has 152 valence electrons. The fraction of sp³-hybridized carbons (Fsp3) is 0.409. The first-order valence-corrected chi connectivity index (χ1v) is 10.1. The number of nitrogens with zero attached hydrogens (tertiary/aromatic N) is 2. The summed E-state index contributed by atoms with van der Waals surface area (Å²) in [7, 11) is 0. The Labute approximate surface area is 169 Å². The average Bonchev–Trinajstić information content (AvgIpc) is 2.75. The molecule has 0 spiro atoms. The highest BCUT2D eigenvalue weighted by Crippen LogP contribution is 2.29. The van der Waals surface area contributed by atoms with Gasteiger partial charge in [-0.25, -0.2) is 0 Å². The zero-order valence-corrected chi connectivity index (χ0v) is 16.4. The van der Waals surface area contributed by atoms with Crippen LogP contribution in [0.1, 0.15) is 33.6 Å². The van der Waals surface area contributed by atoms with Crippen LogP contribution in [0.4, 0.5) is 0 Å². The molecule has 0 atom stereocenters. The summed E-state index contributed by atoms with van der Waals surface area (Å²) in [4.78, 5) is 41.3. The molecule has 2 aromatic rings. The molecule has 0 aromatic heterocycles. The summed E-state index contributed by atoms with van der Waals surface area (Å²) >= 11 is 0. The van der Waals surface area contributed by atoms with Crippen LogP contribution in [0.2, 0.25) is 0 Å². The fourth-order valence-electron chi connectivity index (χ4n) is 3.94. The van der Waals surface area contributed by atoms with Crippen molar-refractivity contribution in [1.82, 2.24) is 15.1 Å². The van der Waals surface area contributed by atoms with Crippen molar-refractivity contribution in [2.24, 2.45) is 0 Å². The van der Waals surface area contributed by atoms with E-state index in [2.05, 4.69) is 10.2 Å². The molecular weight excluding hydrogens is 370 g/mol. The van der Waals surface area contributed by atoms with Gasteiger partial charge in [0.25, 0.3) is 11.8 Å². The monoisotopic (exact) mass is 395 g/mol. The van der Waals surface area contributed by atoms with Crippen LogP contribution in [0.25, 0.3) is 10.8 Å². The van der Waals surface area contributed by atoms with Crippen LogP contribution < -0.4 is 5.32 Å². The van der Waals surface area contributed by atoms with Gasteiger partial charge in [-0.2, -0.15) is 0 Å². The lowest BCUT2D eigenvalue weighted by Crippen LogP contribution is -2.42. The smallest absolute Gasteiger partial charge is 0.261 e. The molecule has 3 amide bonds. The number of ether oxygens (including phenoxy) is 1. The number of amides is 3. The third-order valence-electron chi connectivity index (χ3n) is 5.50. The Balaban J connectivity index is 1.30. The van der Waals surface area contributed by atoms with Crippen LogP contribution in [-0.4, -0.2) is 73.5 Å². The molecule has 2 aliphatic rings. The lowest BCUT2D eigenvalue weighted by atomic mass is 9.94. The maximum absolute atomic E-state index is 12.8. The van der Waals surface area contributed by atoms with E-state index in [9.17, 15) is 14.4 Å². The van der Waals surface area contributed by atoms with Crippen LogP contribution >= 0.6 is 0 Å². The largest absolute Gasteiger partial charge is 0.379 e. The normalized spacial score (nSPS) is 17.0. The van der Waals surface area contributed by atoms with Crippen molar-refractivity contribution < 1.29 is 19.1 Å². The molecule has 0 aliphatic carbocycles. The molecule has 2 heterocycles. The van der Waals surface area contributed by atoms with Crippen molar-refractivity contribution in [2.45, 2.75) is 12.8 Å². The molecule has 7 nitrogen and oxygen atoms in total. The van der Waals surface area contributed by atoms with E-state index in [1.165, 1.54) is 4.90 Å². The summed E-state index contributed by atoms with van der Waals surface area (Å²) in [6.07, 6.45) is 0.968. The van der Waals surface area contributed by atoms with Crippen LogP contribution in [0.3, 0.4) is 0 Å². The van der Waals surface area contributed by atoms with Crippen LogP contribution in [-0.2, 0) is 9.53 Å². The Hall–Kier alpha value is -2.77. The van der Waals surface area contributed by atoms with E-state index in [0.29, 0.717) is 23.1 Å². The standard InChI is InChI=1S/C22H25N3O4/c26-19(23-9-3-10-24-12-14-29-15-13-24)8-11-25-21(27)17-6-1-4-16-5-2-7-18(20(16)17)22(25)28/h1-2,4-7H,3,8-15H2,(H,23,26). The zero-order chi connectivity index (χ0) is 20.2. The topological polar surface area (TPSA) is 79.0 Å². The van der Waals surface area contributed by atoms with Crippen LogP contribution in [0.15, 0.2) is 36.4 Å². The van der Waals surface area contributed by atoms with E-state index in [-0.39, 0.29) is 30.7 Å². The number of hydrogen-bond donors (Lipinski definition) is 1. The minimum absolute atomic E-state index is 0.0810. The van der Waals surface area contributed by atoms with Gasteiger partial charge in [-0.1, -0.05) is 24.3 Å². The van der Waals surface area contributed by atoms with Gasteiger partial charge >= 0.3 is 0 Å². The Bertz CT molecular complexity index is 886. The van der Waals surface area contributed by atoms with Crippen LogP contribution in [0, 0.1) is 0 Å². The van der Waals surface area contributed by atoms with Gasteiger partial charge in [0.15, 0.2) is 0 Å². The number of carbonyl (C=O) groups is 3. The zero-order valence-electron chi connectivity index (χ0n) is 16.4. The lowest BCUT2D eigenvalue weighted by molar-refractivity contribution is -0.121. The quantitative estimate of drug-likeness (QED) is 0.570. The minimum atomic E-state index is -0.334. The predicted octanol–water partition coefficient (Wildman–Crippen LogP) is 1.66. The average molecular weight is 395 g/mol. The van der Waals surface area contributed by atoms with Crippen LogP contribution in [0.5, 0.6) is 0 Å².